The molecule has 1 aromatic carbocycles. The minimum absolute atomic E-state index is 0.0946. The Morgan fingerprint density at radius 1 is 1.30 bits per heavy atom. The zero-order valence-electron chi connectivity index (χ0n) is 15.0. The van der Waals surface area contributed by atoms with Gasteiger partial charge in [0.1, 0.15) is 5.75 Å². The molecule has 1 amide bonds. The number of hydrogen-bond donors (Lipinski definition) is 1. The number of methoxy groups -OCH3 is 1. The van der Waals surface area contributed by atoms with Crippen LogP contribution in [-0.4, -0.2) is 52.1 Å². The quantitative estimate of drug-likeness (QED) is 0.752. The Balaban J connectivity index is 1.88. The van der Waals surface area contributed by atoms with E-state index in [1.165, 1.54) is 36.3 Å². The van der Waals surface area contributed by atoms with Gasteiger partial charge in [0.2, 0.25) is 15.9 Å². The van der Waals surface area contributed by atoms with Gasteiger partial charge in [0.25, 0.3) is 0 Å². The van der Waals surface area contributed by atoms with E-state index in [4.69, 9.17) is 4.74 Å². The summed E-state index contributed by atoms with van der Waals surface area (Å²) in [5, 5.41) is 0. The fraction of sp³-hybridized carbons (Fsp3) is 0.588. The molecule has 1 aliphatic rings. The van der Waals surface area contributed by atoms with Crippen molar-refractivity contribution in [2.24, 2.45) is 5.92 Å². The van der Waals surface area contributed by atoms with Crippen molar-refractivity contribution in [3.63, 3.8) is 0 Å². The molecule has 0 aromatic heterocycles. The molecule has 0 unspecified atom stereocenters. The second-order valence-corrected chi connectivity index (χ2v) is 8.26. The van der Waals surface area contributed by atoms with Gasteiger partial charge in [0.05, 0.1) is 18.4 Å². The van der Waals surface area contributed by atoms with Crippen molar-refractivity contribution in [2.45, 2.75) is 36.8 Å². The van der Waals surface area contributed by atoms with Gasteiger partial charge in [-0.15, -0.1) is 0 Å². The predicted molar refractivity (Wildman–Crippen MR) is 92.8 cm³/mol. The zero-order chi connectivity index (χ0) is 20.1. The smallest absolute Gasteiger partial charge is 0.389 e. The summed E-state index contributed by atoms with van der Waals surface area (Å²) in [7, 11) is -2.23. The van der Waals surface area contributed by atoms with Gasteiger partial charge >= 0.3 is 6.18 Å². The van der Waals surface area contributed by atoms with Crippen LogP contribution in [0.5, 0.6) is 5.75 Å². The van der Waals surface area contributed by atoms with Gasteiger partial charge in [0.15, 0.2) is 0 Å². The van der Waals surface area contributed by atoms with Gasteiger partial charge in [0, 0.05) is 26.1 Å². The van der Waals surface area contributed by atoms with Crippen molar-refractivity contribution in [3.8, 4) is 5.75 Å². The van der Waals surface area contributed by atoms with Crippen molar-refractivity contribution in [2.75, 3.05) is 26.7 Å². The van der Waals surface area contributed by atoms with E-state index in [-0.39, 0.29) is 23.9 Å². The van der Waals surface area contributed by atoms with Crippen LogP contribution in [0.1, 0.15) is 25.7 Å². The molecule has 0 saturated carbocycles. The van der Waals surface area contributed by atoms with Crippen LogP contribution in [0.25, 0.3) is 0 Å². The van der Waals surface area contributed by atoms with Crippen LogP contribution in [0.15, 0.2) is 29.2 Å². The standard InChI is InChI=1S/C17H23F3N2O4S/c1-26-14-4-6-15(7-5-14)27(24,25)21-11-13-3-2-10-22(12-13)16(23)8-9-17(18,19)20/h4-7,13,21H,2-3,8-12H2,1H3/t13-/m0/s1. The second kappa shape index (κ2) is 8.92. The lowest BCUT2D eigenvalue weighted by Gasteiger charge is -2.33. The highest BCUT2D eigenvalue weighted by Gasteiger charge is 2.31. The number of hydrogen-bond acceptors (Lipinski definition) is 4. The van der Waals surface area contributed by atoms with Gasteiger partial charge in [-0.1, -0.05) is 0 Å². The summed E-state index contributed by atoms with van der Waals surface area (Å²) in [5.74, 6) is -0.147. The second-order valence-electron chi connectivity index (χ2n) is 6.49. The van der Waals surface area contributed by atoms with Crippen molar-refractivity contribution < 1.29 is 31.1 Å². The Labute approximate surface area is 156 Å². The Hall–Kier alpha value is -1.81. The minimum atomic E-state index is -4.36. The first-order valence-corrected chi connectivity index (χ1v) is 10.1. The lowest BCUT2D eigenvalue weighted by atomic mass is 9.98. The summed E-state index contributed by atoms with van der Waals surface area (Å²) < 4.78 is 69.0. The number of carbonyl (C=O) groups is 1. The largest absolute Gasteiger partial charge is 0.497 e. The van der Waals surface area contributed by atoms with Crippen LogP contribution in [0.3, 0.4) is 0 Å². The van der Waals surface area contributed by atoms with Gasteiger partial charge in [-0.3, -0.25) is 4.79 Å². The Morgan fingerprint density at radius 2 is 1.96 bits per heavy atom. The molecule has 2 rings (SSSR count). The number of nitrogens with zero attached hydrogens (tertiary/aromatic N) is 1. The fourth-order valence-corrected chi connectivity index (χ4v) is 4.05. The first-order valence-electron chi connectivity index (χ1n) is 8.59. The average Bonchev–Trinajstić information content (AvgIpc) is 2.64. The maximum absolute atomic E-state index is 12.3. The monoisotopic (exact) mass is 408 g/mol. The molecule has 1 fully saturated rings. The van der Waals surface area contributed by atoms with E-state index >= 15 is 0 Å². The molecule has 1 N–H and O–H groups in total. The number of piperidine rings is 1. The van der Waals surface area contributed by atoms with Crippen LogP contribution < -0.4 is 9.46 Å². The molecule has 1 saturated heterocycles. The van der Waals surface area contributed by atoms with Crippen molar-refractivity contribution in [3.05, 3.63) is 24.3 Å². The molecule has 0 spiro atoms. The molecular formula is C17H23F3N2O4S. The Morgan fingerprint density at radius 3 is 2.56 bits per heavy atom. The summed E-state index contributed by atoms with van der Waals surface area (Å²) in [6.45, 7) is 0.775. The van der Waals surface area contributed by atoms with Crippen molar-refractivity contribution in [1.82, 2.24) is 9.62 Å². The molecule has 6 nitrogen and oxygen atoms in total. The van der Waals surface area contributed by atoms with E-state index in [2.05, 4.69) is 4.72 Å². The summed E-state index contributed by atoms with van der Waals surface area (Å²) >= 11 is 0. The predicted octanol–water partition coefficient (Wildman–Crippen LogP) is 2.55. The number of alkyl halides is 3. The number of halogens is 3. The lowest BCUT2D eigenvalue weighted by Crippen LogP contribution is -2.43. The first-order chi connectivity index (χ1) is 12.6. The molecule has 0 bridgehead atoms. The number of ether oxygens (including phenoxy) is 1. The molecule has 27 heavy (non-hydrogen) atoms. The van der Waals surface area contributed by atoms with E-state index in [1.807, 2.05) is 0 Å². The lowest BCUT2D eigenvalue weighted by molar-refractivity contribution is -0.150. The van der Waals surface area contributed by atoms with E-state index in [0.29, 0.717) is 25.1 Å². The Bertz CT molecular complexity index is 736. The summed E-state index contributed by atoms with van der Waals surface area (Å²) in [6.07, 6.45) is -4.75. The highest BCUT2D eigenvalue weighted by molar-refractivity contribution is 7.89. The highest BCUT2D eigenvalue weighted by atomic mass is 32.2. The van der Waals surface area contributed by atoms with E-state index < -0.39 is 34.9 Å². The van der Waals surface area contributed by atoms with E-state index in [1.54, 1.807) is 0 Å². The van der Waals surface area contributed by atoms with Gasteiger partial charge in [-0.2, -0.15) is 13.2 Å². The summed E-state index contributed by atoms with van der Waals surface area (Å²) in [5.41, 5.74) is 0. The molecule has 1 aromatic rings. The van der Waals surface area contributed by atoms with Crippen molar-refractivity contribution in [1.29, 1.82) is 0 Å². The number of amides is 1. The third-order valence-electron chi connectivity index (χ3n) is 4.43. The molecule has 1 aliphatic heterocycles. The third-order valence-corrected chi connectivity index (χ3v) is 5.87. The number of sulfonamides is 1. The van der Waals surface area contributed by atoms with Gasteiger partial charge < -0.3 is 9.64 Å². The summed E-state index contributed by atoms with van der Waals surface area (Å²) in [4.78, 5) is 13.4. The normalized spacial score (nSPS) is 18.4. The zero-order valence-corrected chi connectivity index (χ0v) is 15.8. The molecule has 152 valence electrons. The third kappa shape index (κ3) is 6.69. The van der Waals surface area contributed by atoms with Gasteiger partial charge in [-0.05, 0) is 43.0 Å². The fourth-order valence-electron chi connectivity index (χ4n) is 2.93. The molecule has 1 atom stereocenters. The minimum Gasteiger partial charge on any atom is -0.497 e. The van der Waals surface area contributed by atoms with Crippen LogP contribution in [0, 0.1) is 5.92 Å². The highest BCUT2D eigenvalue weighted by Crippen LogP contribution is 2.24. The molecular weight excluding hydrogens is 385 g/mol. The number of benzene rings is 1. The molecule has 1 heterocycles. The first kappa shape index (κ1) is 21.5. The van der Waals surface area contributed by atoms with Crippen LogP contribution in [-0.2, 0) is 14.8 Å². The number of rotatable bonds is 7. The molecule has 10 heteroatoms. The van der Waals surface area contributed by atoms with E-state index in [0.717, 1.165) is 0 Å². The summed E-state index contributed by atoms with van der Waals surface area (Å²) in [6, 6.07) is 5.93. The number of likely N-dealkylation sites (tertiary alicyclic amines) is 1. The maximum Gasteiger partial charge on any atom is 0.389 e. The van der Waals surface area contributed by atoms with Crippen LogP contribution >= 0.6 is 0 Å². The Kier molecular flexibility index (Phi) is 7.10. The molecule has 0 radical (unpaired) electrons. The number of carbonyl (C=O) groups excluding carboxylic acids is 1. The number of nitrogens with one attached hydrogen (secondary N) is 1. The maximum atomic E-state index is 12.3. The SMILES string of the molecule is COc1ccc(S(=O)(=O)NC[C@@H]2CCCN(C(=O)CCC(F)(F)F)C2)cc1. The van der Waals surface area contributed by atoms with Crippen LogP contribution in [0.4, 0.5) is 13.2 Å². The average molecular weight is 408 g/mol. The molecule has 0 aliphatic carbocycles. The topological polar surface area (TPSA) is 75.7 Å². The van der Waals surface area contributed by atoms with Crippen molar-refractivity contribution >= 4 is 15.9 Å². The van der Waals surface area contributed by atoms with Gasteiger partial charge in [-0.25, -0.2) is 13.1 Å². The van der Waals surface area contributed by atoms with Crippen LogP contribution in [0.2, 0.25) is 0 Å². The van der Waals surface area contributed by atoms with E-state index in [9.17, 15) is 26.4 Å².